The summed E-state index contributed by atoms with van der Waals surface area (Å²) in [6, 6.07) is 21.9. The maximum Gasteiger partial charge on any atom is 0.333 e. The van der Waals surface area contributed by atoms with Gasteiger partial charge in [0.25, 0.3) is 0 Å². The van der Waals surface area contributed by atoms with Crippen molar-refractivity contribution in [3.8, 4) is 22.3 Å². The number of esters is 1. The van der Waals surface area contributed by atoms with E-state index in [9.17, 15) is 9.90 Å². The van der Waals surface area contributed by atoms with E-state index >= 15 is 0 Å². The van der Waals surface area contributed by atoms with Gasteiger partial charge in [-0.15, -0.1) is 0 Å². The molecule has 1 N–H and O–H groups in total. The minimum Gasteiger partial charge on any atom is -0.462 e. The molecule has 0 atom stereocenters. The minimum absolute atomic E-state index is 0.0207. The first-order chi connectivity index (χ1) is 19.4. The zero-order chi connectivity index (χ0) is 28.5. The van der Waals surface area contributed by atoms with E-state index in [1.807, 2.05) is 12.1 Å². The first-order valence-electron chi connectivity index (χ1n) is 15.2. The molecule has 0 unspecified atom stereocenters. The number of aliphatic hydroxyl groups excluding tert-OH is 1. The van der Waals surface area contributed by atoms with Crippen LogP contribution in [0.2, 0.25) is 0 Å². The van der Waals surface area contributed by atoms with E-state index < -0.39 is 0 Å². The van der Waals surface area contributed by atoms with Crippen LogP contribution in [-0.2, 0) is 22.6 Å². The Balaban J connectivity index is 1.45. The van der Waals surface area contributed by atoms with Crippen molar-refractivity contribution in [2.75, 3.05) is 6.61 Å². The highest BCUT2D eigenvalue weighted by molar-refractivity contribution is 5.87. The van der Waals surface area contributed by atoms with Crippen LogP contribution in [0.4, 0.5) is 0 Å². The van der Waals surface area contributed by atoms with Crippen LogP contribution in [-0.4, -0.2) is 17.7 Å². The monoisotopic (exact) mass is 538 g/mol. The Morgan fingerprint density at radius 3 is 2.27 bits per heavy atom. The summed E-state index contributed by atoms with van der Waals surface area (Å²) in [5, 5.41) is 9.68. The molecule has 0 bridgehead atoms. The van der Waals surface area contributed by atoms with Crippen molar-refractivity contribution in [2.24, 2.45) is 5.92 Å². The van der Waals surface area contributed by atoms with E-state index in [-0.39, 0.29) is 19.2 Å². The quantitative estimate of drug-likeness (QED) is 0.142. The number of rotatable bonds is 12. The van der Waals surface area contributed by atoms with Gasteiger partial charge in [-0.2, -0.15) is 0 Å². The molecule has 40 heavy (non-hydrogen) atoms. The summed E-state index contributed by atoms with van der Waals surface area (Å²) in [5.41, 5.74) is 9.71. The molecular weight excluding hydrogens is 492 g/mol. The van der Waals surface area contributed by atoms with E-state index in [0.29, 0.717) is 17.9 Å². The van der Waals surface area contributed by atoms with Crippen LogP contribution in [0.25, 0.3) is 22.3 Å². The molecule has 3 aromatic rings. The molecule has 0 aliphatic heterocycles. The molecule has 3 heteroatoms. The molecule has 4 rings (SSSR count). The molecule has 3 nitrogen and oxygen atoms in total. The Kier molecular flexibility index (Phi) is 10.8. The van der Waals surface area contributed by atoms with Crippen molar-refractivity contribution >= 4 is 5.97 Å². The summed E-state index contributed by atoms with van der Waals surface area (Å²) in [5.74, 6) is 1.27. The van der Waals surface area contributed by atoms with Gasteiger partial charge in [-0.05, 0) is 95.9 Å². The summed E-state index contributed by atoms with van der Waals surface area (Å²) in [6.45, 7) is 10.00. The van der Waals surface area contributed by atoms with Crippen LogP contribution in [0.3, 0.4) is 0 Å². The number of unbranched alkanes of at least 4 members (excludes halogenated alkanes) is 2. The van der Waals surface area contributed by atoms with Gasteiger partial charge in [-0.1, -0.05) is 99.8 Å². The van der Waals surface area contributed by atoms with Crippen LogP contribution in [0, 0.1) is 12.8 Å². The normalized spacial score (nSPS) is 17.0. The van der Waals surface area contributed by atoms with Crippen LogP contribution in [0.1, 0.15) is 93.4 Å². The Morgan fingerprint density at radius 2 is 1.62 bits per heavy atom. The second-order valence-corrected chi connectivity index (χ2v) is 11.7. The van der Waals surface area contributed by atoms with Gasteiger partial charge in [-0.25, -0.2) is 4.79 Å². The smallest absolute Gasteiger partial charge is 0.333 e. The molecule has 1 fully saturated rings. The molecule has 212 valence electrons. The van der Waals surface area contributed by atoms with E-state index in [2.05, 4.69) is 69.0 Å². The third-order valence-electron chi connectivity index (χ3n) is 8.60. The summed E-state index contributed by atoms with van der Waals surface area (Å²) >= 11 is 0. The fraction of sp³-hybridized carbons (Fsp3) is 0.432. The van der Waals surface area contributed by atoms with E-state index in [1.165, 1.54) is 73.6 Å². The third-order valence-corrected chi connectivity index (χ3v) is 8.60. The molecule has 0 aromatic heterocycles. The van der Waals surface area contributed by atoms with Crippen molar-refractivity contribution in [3.63, 3.8) is 0 Å². The van der Waals surface area contributed by atoms with Crippen molar-refractivity contribution in [1.82, 2.24) is 0 Å². The highest BCUT2D eigenvalue weighted by Gasteiger charge is 2.22. The van der Waals surface area contributed by atoms with Crippen molar-refractivity contribution < 1.29 is 14.6 Å². The lowest BCUT2D eigenvalue weighted by atomic mass is 9.77. The van der Waals surface area contributed by atoms with Gasteiger partial charge >= 0.3 is 5.97 Å². The number of hydrogen-bond acceptors (Lipinski definition) is 3. The number of carbonyl (C=O) groups is 1. The average molecular weight is 539 g/mol. The van der Waals surface area contributed by atoms with Crippen LogP contribution in [0.15, 0.2) is 72.8 Å². The maximum absolute atomic E-state index is 11.8. The van der Waals surface area contributed by atoms with Gasteiger partial charge in [0.1, 0.15) is 0 Å². The van der Waals surface area contributed by atoms with E-state index in [0.717, 1.165) is 28.2 Å². The number of benzene rings is 3. The lowest BCUT2D eigenvalue weighted by Gasteiger charge is -2.29. The maximum atomic E-state index is 11.8. The minimum atomic E-state index is -0.374. The van der Waals surface area contributed by atoms with Crippen molar-refractivity contribution in [2.45, 2.75) is 91.1 Å². The molecular formula is C37H46O3. The van der Waals surface area contributed by atoms with Crippen molar-refractivity contribution in [3.05, 3.63) is 95.1 Å². The fourth-order valence-electron chi connectivity index (χ4n) is 6.15. The van der Waals surface area contributed by atoms with Gasteiger partial charge in [0, 0.05) is 12.0 Å². The second kappa shape index (κ2) is 14.5. The van der Waals surface area contributed by atoms with Crippen LogP contribution < -0.4 is 0 Å². The third kappa shape index (κ3) is 7.73. The Morgan fingerprint density at radius 1 is 0.925 bits per heavy atom. The Labute approximate surface area is 241 Å². The average Bonchev–Trinajstić information content (AvgIpc) is 2.97. The molecule has 1 aliphatic rings. The molecule has 3 aromatic carbocycles. The summed E-state index contributed by atoms with van der Waals surface area (Å²) in [4.78, 5) is 11.8. The zero-order valence-electron chi connectivity index (χ0n) is 24.7. The van der Waals surface area contributed by atoms with Gasteiger partial charge in [0.05, 0.1) is 13.2 Å². The highest BCUT2D eigenvalue weighted by atomic mass is 16.5. The lowest BCUT2D eigenvalue weighted by molar-refractivity contribution is -0.138. The summed E-state index contributed by atoms with van der Waals surface area (Å²) in [7, 11) is 0. The number of ether oxygens (including phenoxy) is 1. The lowest BCUT2D eigenvalue weighted by Crippen LogP contribution is -2.13. The van der Waals surface area contributed by atoms with Gasteiger partial charge in [-0.3, -0.25) is 0 Å². The Hall–Kier alpha value is -3.17. The first kappa shape index (κ1) is 29.8. The molecule has 1 aliphatic carbocycles. The van der Waals surface area contributed by atoms with E-state index in [1.54, 1.807) is 6.92 Å². The van der Waals surface area contributed by atoms with Crippen LogP contribution in [0.5, 0.6) is 0 Å². The summed E-state index contributed by atoms with van der Waals surface area (Å²) < 4.78 is 5.36. The topological polar surface area (TPSA) is 46.5 Å². The van der Waals surface area contributed by atoms with Gasteiger partial charge in [0.2, 0.25) is 0 Å². The predicted octanol–water partition coefficient (Wildman–Crippen LogP) is 9.34. The fourth-order valence-corrected chi connectivity index (χ4v) is 6.15. The molecule has 0 radical (unpaired) electrons. The SMILES string of the molecule is C=C(C)C(=O)OCCc1cc(CO)ccc1-c1ccc(-c2ccc(C3CCC(CCCCC)CC3)cc2)cc1C. The first-order valence-corrected chi connectivity index (χ1v) is 15.2. The number of hydrogen-bond donors (Lipinski definition) is 1. The van der Waals surface area contributed by atoms with Crippen LogP contribution >= 0.6 is 0 Å². The molecule has 0 saturated heterocycles. The molecule has 0 heterocycles. The second-order valence-electron chi connectivity index (χ2n) is 11.7. The molecule has 0 spiro atoms. The molecule has 1 saturated carbocycles. The standard InChI is InChI=1S/C37H46O3/c1-5-6-7-8-28-9-12-30(13-10-28)31-14-16-32(17-15-31)33-18-20-35(27(4)23-33)36-19-11-29(25-38)24-34(36)21-22-40-37(39)26(2)3/h11,14-20,23-24,28,30,38H,2,5-10,12-13,21-22,25H2,1,3-4H3. The molecule has 0 amide bonds. The Bertz CT molecular complexity index is 1280. The predicted molar refractivity (Wildman–Crippen MR) is 166 cm³/mol. The van der Waals surface area contributed by atoms with Crippen molar-refractivity contribution in [1.29, 1.82) is 0 Å². The zero-order valence-corrected chi connectivity index (χ0v) is 24.7. The largest absolute Gasteiger partial charge is 0.462 e. The summed E-state index contributed by atoms with van der Waals surface area (Å²) in [6.07, 6.45) is 11.5. The number of aryl methyl sites for hydroxylation is 1. The number of carbonyl (C=O) groups excluding carboxylic acids is 1. The van der Waals surface area contributed by atoms with E-state index in [4.69, 9.17) is 4.74 Å². The van der Waals surface area contributed by atoms with Gasteiger partial charge in [0.15, 0.2) is 0 Å². The number of aliphatic hydroxyl groups is 1. The van der Waals surface area contributed by atoms with Gasteiger partial charge < -0.3 is 9.84 Å². The highest BCUT2D eigenvalue weighted by Crippen LogP contribution is 2.39.